The lowest BCUT2D eigenvalue weighted by atomic mass is 10.0. The third kappa shape index (κ3) is 4.62. The number of rotatable bonds is 6. The second-order valence-corrected chi connectivity index (χ2v) is 6.04. The van der Waals surface area contributed by atoms with E-state index in [0.717, 1.165) is 18.3 Å². The van der Waals surface area contributed by atoms with Crippen LogP contribution >= 0.6 is 0 Å². The van der Waals surface area contributed by atoms with E-state index in [1.807, 2.05) is 0 Å². The van der Waals surface area contributed by atoms with E-state index in [9.17, 15) is 18.0 Å². The van der Waals surface area contributed by atoms with Crippen LogP contribution in [0.1, 0.15) is 11.3 Å². The van der Waals surface area contributed by atoms with Gasteiger partial charge in [-0.25, -0.2) is 0 Å². The smallest absolute Gasteiger partial charge is 0.377 e. The maximum atomic E-state index is 12.9. The van der Waals surface area contributed by atoms with Gasteiger partial charge in [0.1, 0.15) is 5.69 Å². The van der Waals surface area contributed by atoms with Crippen LogP contribution in [0.2, 0.25) is 0 Å². The molecule has 27 heavy (non-hydrogen) atoms. The molecule has 2 heterocycles. The fourth-order valence-corrected chi connectivity index (χ4v) is 2.54. The summed E-state index contributed by atoms with van der Waals surface area (Å²) in [6, 6.07) is 6.47. The van der Waals surface area contributed by atoms with E-state index in [2.05, 4.69) is 15.6 Å². The number of pyridine rings is 1. The van der Waals surface area contributed by atoms with E-state index in [0.29, 0.717) is 30.0 Å². The largest absolute Gasteiger partial charge is 0.416 e. The van der Waals surface area contributed by atoms with Gasteiger partial charge in [-0.05, 0) is 23.8 Å². The van der Waals surface area contributed by atoms with E-state index < -0.39 is 11.7 Å². The van der Waals surface area contributed by atoms with Gasteiger partial charge in [-0.15, -0.1) is 0 Å². The second-order valence-electron chi connectivity index (χ2n) is 6.04. The summed E-state index contributed by atoms with van der Waals surface area (Å²) < 4.78 is 43.7. The number of alkyl halides is 3. The third-order valence-electron chi connectivity index (χ3n) is 4.02. The number of hydrogen-bond donors (Lipinski definition) is 3. The SMILES string of the molecule is N=Cc1ncc(-c2cccc(C(F)(F)F)c2)cc1NCC(=O)NC1COC1. The zero-order valence-corrected chi connectivity index (χ0v) is 14.1. The first-order valence-corrected chi connectivity index (χ1v) is 8.16. The Morgan fingerprint density at radius 3 is 2.70 bits per heavy atom. The monoisotopic (exact) mass is 378 g/mol. The molecule has 1 saturated heterocycles. The summed E-state index contributed by atoms with van der Waals surface area (Å²) in [5, 5.41) is 13.1. The fourth-order valence-electron chi connectivity index (χ4n) is 2.54. The van der Waals surface area contributed by atoms with Gasteiger partial charge in [-0.3, -0.25) is 9.78 Å². The lowest BCUT2D eigenvalue weighted by Gasteiger charge is -2.26. The molecule has 2 aromatic rings. The Kier molecular flexibility index (Phi) is 5.41. The summed E-state index contributed by atoms with van der Waals surface area (Å²) in [6.45, 7) is 0.902. The molecule has 9 heteroatoms. The van der Waals surface area contributed by atoms with Gasteiger partial charge in [0.15, 0.2) is 0 Å². The molecule has 0 bridgehead atoms. The highest BCUT2D eigenvalue weighted by Crippen LogP contribution is 2.32. The van der Waals surface area contributed by atoms with Gasteiger partial charge in [-0.1, -0.05) is 12.1 Å². The molecule has 1 aliphatic heterocycles. The topological polar surface area (TPSA) is 87.1 Å². The van der Waals surface area contributed by atoms with Gasteiger partial charge in [0, 0.05) is 18.0 Å². The normalized spacial score (nSPS) is 14.3. The Labute approximate surface area is 153 Å². The van der Waals surface area contributed by atoms with Crippen molar-refractivity contribution in [3.05, 3.63) is 47.8 Å². The van der Waals surface area contributed by atoms with Gasteiger partial charge >= 0.3 is 6.18 Å². The van der Waals surface area contributed by atoms with Crippen LogP contribution in [0.4, 0.5) is 18.9 Å². The molecule has 142 valence electrons. The van der Waals surface area contributed by atoms with Gasteiger partial charge in [0.2, 0.25) is 5.91 Å². The first-order chi connectivity index (χ1) is 12.9. The lowest BCUT2D eigenvalue weighted by Crippen LogP contribution is -2.50. The number of carbonyl (C=O) groups is 1. The molecular formula is C18H17F3N4O2. The number of aromatic nitrogens is 1. The van der Waals surface area contributed by atoms with Crippen LogP contribution < -0.4 is 10.6 Å². The van der Waals surface area contributed by atoms with Crippen molar-refractivity contribution >= 4 is 17.8 Å². The standard InChI is InChI=1S/C18H17F3N4O2/c19-18(20,21)13-3-1-2-11(4-13)12-5-15(16(6-22)23-7-12)24-8-17(26)25-14-9-27-10-14/h1-7,14,22,24H,8-10H2,(H,25,26). The summed E-state index contributed by atoms with van der Waals surface area (Å²) in [4.78, 5) is 16.0. The van der Waals surface area contributed by atoms with E-state index >= 15 is 0 Å². The summed E-state index contributed by atoms with van der Waals surface area (Å²) in [7, 11) is 0. The molecule has 1 amide bonds. The molecule has 6 nitrogen and oxygen atoms in total. The lowest BCUT2D eigenvalue weighted by molar-refractivity contribution is -0.137. The maximum absolute atomic E-state index is 12.9. The number of nitrogens with one attached hydrogen (secondary N) is 3. The Hall–Kier alpha value is -2.94. The number of halogens is 3. The summed E-state index contributed by atoms with van der Waals surface area (Å²) in [6.07, 6.45) is -2.04. The van der Waals surface area contributed by atoms with Crippen LogP contribution in [0.25, 0.3) is 11.1 Å². The first-order valence-electron chi connectivity index (χ1n) is 8.16. The third-order valence-corrected chi connectivity index (χ3v) is 4.02. The van der Waals surface area contributed by atoms with Gasteiger partial charge < -0.3 is 20.8 Å². The zero-order valence-electron chi connectivity index (χ0n) is 14.1. The zero-order chi connectivity index (χ0) is 19.4. The first kappa shape index (κ1) is 18.8. The van der Waals surface area contributed by atoms with Crippen molar-refractivity contribution in [3.63, 3.8) is 0 Å². The molecule has 0 atom stereocenters. The van der Waals surface area contributed by atoms with Gasteiger partial charge in [0.25, 0.3) is 0 Å². The van der Waals surface area contributed by atoms with E-state index in [1.165, 1.54) is 12.3 Å². The second kappa shape index (κ2) is 7.75. The Bertz CT molecular complexity index is 851. The summed E-state index contributed by atoms with van der Waals surface area (Å²) >= 11 is 0. The number of ether oxygens (including phenoxy) is 1. The Balaban J connectivity index is 1.78. The van der Waals surface area contributed by atoms with Crippen LogP contribution in [-0.4, -0.2) is 42.9 Å². The Morgan fingerprint density at radius 2 is 2.07 bits per heavy atom. The predicted molar refractivity (Wildman–Crippen MR) is 93.8 cm³/mol. The predicted octanol–water partition coefficient (Wildman–Crippen LogP) is 2.69. The number of hydrogen-bond acceptors (Lipinski definition) is 5. The van der Waals surface area contributed by atoms with Crippen LogP contribution in [0.5, 0.6) is 0 Å². The molecule has 3 N–H and O–H groups in total. The highest BCUT2D eigenvalue weighted by Gasteiger charge is 2.30. The van der Waals surface area contributed by atoms with Crippen molar-refractivity contribution in [2.24, 2.45) is 0 Å². The molecule has 0 unspecified atom stereocenters. The summed E-state index contributed by atoms with van der Waals surface area (Å²) in [5.74, 6) is -0.247. The van der Waals surface area contributed by atoms with Crippen molar-refractivity contribution in [1.29, 1.82) is 5.41 Å². The number of anilines is 1. The molecule has 0 spiro atoms. The van der Waals surface area contributed by atoms with Crippen LogP contribution in [0.15, 0.2) is 36.5 Å². The quantitative estimate of drug-likeness (QED) is 0.675. The van der Waals surface area contributed by atoms with Crippen LogP contribution in [0, 0.1) is 5.41 Å². The molecule has 0 radical (unpaired) electrons. The highest BCUT2D eigenvalue weighted by molar-refractivity contribution is 5.88. The molecule has 1 aromatic carbocycles. The summed E-state index contributed by atoms with van der Waals surface area (Å²) in [5.41, 5.74) is 0.702. The van der Waals surface area contributed by atoms with Crippen LogP contribution in [0.3, 0.4) is 0 Å². The number of benzene rings is 1. The minimum absolute atomic E-state index is 0.00363. The average Bonchev–Trinajstić information content (AvgIpc) is 2.62. The minimum atomic E-state index is -4.44. The van der Waals surface area contributed by atoms with E-state index in [4.69, 9.17) is 10.1 Å². The van der Waals surface area contributed by atoms with Crippen molar-refractivity contribution in [2.45, 2.75) is 12.2 Å². The van der Waals surface area contributed by atoms with Crippen molar-refractivity contribution < 1.29 is 22.7 Å². The van der Waals surface area contributed by atoms with E-state index in [-0.39, 0.29) is 24.2 Å². The highest BCUT2D eigenvalue weighted by atomic mass is 19.4. The number of carbonyl (C=O) groups excluding carboxylic acids is 1. The van der Waals surface area contributed by atoms with Crippen molar-refractivity contribution in [2.75, 3.05) is 25.1 Å². The minimum Gasteiger partial charge on any atom is -0.377 e. The Morgan fingerprint density at radius 1 is 1.30 bits per heavy atom. The molecular weight excluding hydrogens is 361 g/mol. The fraction of sp³-hybridized carbons (Fsp3) is 0.278. The molecule has 1 fully saturated rings. The van der Waals surface area contributed by atoms with Gasteiger partial charge in [-0.2, -0.15) is 13.2 Å². The van der Waals surface area contributed by atoms with Crippen molar-refractivity contribution in [3.8, 4) is 11.1 Å². The molecule has 1 aromatic heterocycles. The molecule has 3 rings (SSSR count). The van der Waals surface area contributed by atoms with Gasteiger partial charge in [0.05, 0.1) is 37.1 Å². The number of nitrogens with zero attached hydrogens (tertiary/aromatic N) is 1. The average molecular weight is 378 g/mol. The van der Waals surface area contributed by atoms with Crippen LogP contribution in [-0.2, 0) is 15.7 Å². The van der Waals surface area contributed by atoms with E-state index in [1.54, 1.807) is 12.1 Å². The molecule has 0 aliphatic carbocycles. The number of amides is 1. The van der Waals surface area contributed by atoms with Crippen molar-refractivity contribution in [1.82, 2.24) is 10.3 Å². The molecule has 1 aliphatic rings. The molecule has 0 saturated carbocycles. The maximum Gasteiger partial charge on any atom is 0.416 e.